The van der Waals surface area contributed by atoms with E-state index in [4.69, 9.17) is 10.5 Å². The number of rotatable bonds is 4. The van der Waals surface area contributed by atoms with Gasteiger partial charge in [-0.05, 0) is 48.0 Å². The molecule has 0 aliphatic rings. The average Bonchev–Trinajstić information content (AvgIpc) is 2.62. The number of amidine groups is 1. The number of ether oxygens (including phenoxy) is 1. The first-order valence-corrected chi connectivity index (χ1v) is 7.77. The Labute approximate surface area is 144 Å². The molecule has 0 amide bonds. The van der Waals surface area contributed by atoms with Gasteiger partial charge < -0.3 is 10.5 Å². The highest BCUT2D eigenvalue weighted by molar-refractivity contribution is 5.81. The van der Waals surface area contributed by atoms with Crippen LogP contribution in [0, 0.1) is 11.6 Å². The van der Waals surface area contributed by atoms with Gasteiger partial charge in [0.1, 0.15) is 11.6 Å². The number of hydrogen-bond acceptors (Lipinski definition) is 3. The van der Waals surface area contributed by atoms with Crippen LogP contribution in [0.3, 0.4) is 0 Å². The summed E-state index contributed by atoms with van der Waals surface area (Å²) in [6.07, 6.45) is 0.356. The number of pyridine rings is 1. The van der Waals surface area contributed by atoms with Crippen LogP contribution in [0.1, 0.15) is 5.56 Å². The van der Waals surface area contributed by atoms with Gasteiger partial charge in [-0.3, -0.25) is 0 Å². The lowest BCUT2D eigenvalue weighted by Crippen LogP contribution is -2.17. The molecule has 3 aromatic rings. The molecule has 0 aliphatic heterocycles. The summed E-state index contributed by atoms with van der Waals surface area (Å²) < 4.78 is 32.4. The van der Waals surface area contributed by atoms with Gasteiger partial charge in [-0.25, -0.2) is 18.8 Å². The number of nitrogens with two attached hydrogens (primary N) is 1. The maximum Gasteiger partial charge on any atom is 0.281 e. The molecule has 3 rings (SSSR count). The Morgan fingerprint density at radius 3 is 2.76 bits per heavy atom. The number of aromatic nitrogens is 1. The zero-order valence-electron chi connectivity index (χ0n) is 13.7. The summed E-state index contributed by atoms with van der Waals surface area (Å²) in [5.41, 5.74) is 8.11. The van der Waals surface area contributed by atoms with Gasteiger partial charge in [0.2, 0.25) is 0 Å². The third-order valence-corrected chi connectivity index (χ3v) is 3.83. The first-order valence-electron chi connectivity index (χ1n) is 7.77. The van der Waals surface area contributed by atoms with Crippen LogP contribution in [0.15, 0.2) is 53.5 Å². The first-order chi connectivity index (χ1) is 12.1. The van der Waals surface area contributed by atoms with Crippen LogP contribution in [0.4, 0.5) is 8.78 Å². The molecule has 2 N–H and O–H groups in total. The molecule has 0 spiro atoms. The Hall–Kier alpha value is -3.02. The maximum atomic E-state index is 14.0. The third kappa shape index (κ3) is 3.91. The highest BCUT2D eigenvalue weighted by Crippen LogP contribution is 2.24. The fraction of sp³-hybridized carbons (Fsp3) is 0.158. The molecule has 0 bridgehead atoms. The lowest BCUT2D eigenvalue weighted by atomic mass is 10.0. The Balaban J connectivity index is 1.87. The van der Waals surface area contributed by atoms with Crippen molar-refractivity contribution >= 4 is 16.9 Å². The summed E-state index contributed by atoms with van der Waals surface area (Å²) in [5, 5.41) is 0.716. The quantitative estimate of drug-likeness (QED) is 0.582. The standard InChI is InChI=1S/C19H17F2N3O/c1-23-19(22)25-9-8-12-10-13(2-5-16(12)21)17-6-3-14-11-15(20)4-7-18(14)24-17/h2-7,10-11H,8-9H2,1H3,(H2,22,23). The molecule has 0 saturated carbocycles. The van der Waals surface area contributed by atoms with Crippen LogP contribution in [0.25, 0.3) is 22.2 Å². The second-order valence-corrected chi connectivity index (χ2v) is 5.50. The third-order valence-electron chi connectivity index (χ3n) is 3.83. The molecule has 6 heteroatoms. The predicted molar refractivity (Wildman–Crippen MR) is 94.3 cm³/mol. The molecule has 4 nitrogen and oxygen atoms in total. The predicted octanol–water partition coefficient (Wildman–Crippen LogP) is 3.68. The van der Waals surface area contributed by atoms with Crippen molar-refractivity contribution in [3.63, 3.8) is 0 Å². The highest BCUT2D eigenvalue weighted by Gasteiger charge is 2.08. The van der Waals surface area contributed by atoms with Crippen LogP contribution >= 0.6 is 0 Å². The Kier molecular flexibility index (Phi) is 4.88. The summed E-state index contributed by atoms with van der Waals surface area (Å²) in [7, 11) is 1.52. The van der Waals surface area contributed by atoms with Crippen molar-refractivity contribution in [2.24, 2.45) is 10.7 Å². The minimum Gasteiger partial charge on any atom is -0.465 e. The number of hydrogen-bond donors (Lipinski definition) is 1. The topological polar surface area (TPSA) is 60.5 Å². The van der Waals surface area contributed by atoms with Crippen molar-refractivity contribution in [1.29, 1.82) is 0 Å². The fourth-order valence-electron chi connectivity index (χ4n) is 2.51. The summed E-state index contributed by atoms with van der Waals surface area (Å²) in [6.45, 7) is 0.230. The number of aliphatic imine (C=N–C) groups is 1. The fourth-order valence-corrected chi connectivity index (χ4v) is 2.51. The van der Waals surface area contributed by atoms with E-state index in [0.29, 0.717) is 28.6 Å². The van der Waals surface area contributed by atoms with Crippen molar-refractivity contribution in [1.82, 2.24) is 4.98 Å². The lowest BCUT2D eigenvalue weighted by molar-refractivity contribution is 0.301. The molecule has 0 unspecified atom stereocenters. The highest BCUT2D eigenvalue weighted by atomic mass is 19.1. The van der Waals surface area contributed by atoms with Crippen LogP contribution in [0.5, 0.6) is 0 Å². The average molecular weight is 341 g/mol. The Bertz CT molecular complexity index is 941. The normalized spacial score (nSPS) is 11.7. The molecule has 0 saturated heterocycles. The molecule has 25 heavy (non-hydrogen) atoms. The maximum absolute atomic E-state index is 14.0. The van der Waals surface area contributed by atoms with Gasteiger partial charge in [0.15, 0.2) is 0 Å². The van der Waals surface area contributed by atoms with Gasteiger partial charge in [0.05, 0.1) is 17.8 Å². The van der Waals surface area contributed by atoms with Crippen LogP contribution in [0.2, 0.25) is 0 Å². The molecule has 0 atom stereocenters. The van der Waals surface area contributed by atoms with Gasteiger partial charge in [-0.2, -0.15) is 0 Å². The zero-order valence-corrected chi connectivity index (χ0v) is 13.7. The van der Waals surface area contributed by atoms with Gasteiger partial charge in [0.25, 0.3) is 6.02 Å². The summed E-state index contributed by atoms with van der Waals surface area (Å²) in [5.74, 6) is -0.622. The Morgan fingerprint density at radius 2 is 1.96 bits per heavy atom. The van der Waals surface area contributed by atoms with Gasteiger partial charge in [0, 0.05) is 24.4 Å². The number of nitrogens with zero attached hydrogens (tertiary/aromatic N) is 2. The van der Waals surface area contributed by atoms with Crippen LogP contribution in [-0.4, -0.2) is 24.7 Å². The summed E-state index contributed by atoms with van der Waals surface area (Å²) >= 11 is 0. The van der Waals surface area contributed by atoms with E-state index in [1.165, 1.54) is 25.2 Å². The van der Waals surface area contributed by atoms with E-state index in [1.807, 2.05) is 0 Å². The molecule has 128 valence electrons. The minimum absolute atomic E-state index is 0.0694. The summed E-state index contributed by atoms with van der Waals surface area (Å²) in [4.78, 5) is 8.20. The van der Waals surface area contributed by atoms with E-state index in [0.717, 1.165) is 5.56 Å². The first kappa shape index (κ1) is 16.8. The van der Waals surface area contributed by atoms with E-state index in [9.17, 15) is 8.78 Å². The smallest absolute Gasteiger partial charge is 0.281 e. The monoisotopic (exact) mass is 341 g/mol. The van der Waals surface area contributed by atoms with Crippen molar-refractivity contribution in [3.05, 3.63) is 65.7 Å². The van der Waals surface area contributed by atoms with Crippen molar-refractivity contribution in [2.45, 2.75) is 6.42 Å². The Morgan fingerprint density at radius 1 is 1.12 bits per heavy atom. The number of fused-ring (bicyclic) bond motifs is 1. The van der Waals surface area contributed by atoms with Crippen LogP contribution in [-0.2, 0) is 11.2 Å². The molecule has 1 aromatic heterocycles. The van der Waals surface area contributed by atoms with Gasteiger partial charge >= 0.3 is 0 Å². The molecular weight excluding hydrogens is 324 g/mol. The lowest BCUT2D eigenvalue weighted by Gasteiger charge is -2.09. The molecule has 0 aliphatic carbocycles. The van der Waals surface area contributed by atoms with Gasteiger partial charge in [-0.1, -0.05) is 6.07 Å². The van der Waals surface area contributed by atoms with E-state index in [-0.39, 0.29) is 24.3 Å². The SMILES string of the molecule is CN=C(N)OCCc1cc(-c2ccc3cc(F)ccc3n2)ccc1F. The van der Waals surface area contributed by atoms with Crippen molar-refractivity contribution < 1.29 is 13.5 Å². The minimum atomic E-state index is -0.317. The van der Waals surface area contributed by atoms with E-state index >= 15 is 0 Å². The molecular formula is C19H17F2N3O. The molecule has 2 aromatic carbocycles. The van der Waals surface area contributed by atoms with E-state index in [2.05, 4.69) is 9.98 Å². The second-order valence-electron chi connectivity index (χ2n) is 5.50. The molecule has 0 fully saturated rings. The largest absolute Gasteiger partial charge is 0.465 e. The molecule has 0 radical (unpaired) electrons. The number of halogens is 2. The zero-order chi connectivity index (χ0) is 17.8. The van der Waals surface area contributed by atoms with Crippen molar-refractivity contribution in [3.8, 4) is 11.3 Å². The van der Waals surface area contributed by atoms with E-state index in [1.54, 1.807) is 30.3 Å². The van der Waals surface area contributed by atoms with Crippen LogP contribution < -0.4 is 5.73 Å². The van der Waals surface area contributed by atoms with E-state index < -0.39 is 0 Å². The molecule has 1 heterocycles. The second kappa shape index (κ2) is 7.25. The van der Waals surface area contributed by atoms with Gasteiger partial charge in [-0.15, -0.1) is 0 Å². The number of benzene rings is 2. The summed E-state index contributed by atoms with van der Waals surface area (Å²) in [6, 6.07) is 12.9. The van der Waals surface area contributed by atoms with Crippen molar-refractivity contribution in [2.75, 3.05) is 13.7 Å².